The summed E-state index contributed by atoms with van der Waals surface area (Å²) in [6.45, 7) is 4.11. The molecule has 0 atom stereocenters. The van der Waals surface area contributed by atoms with Crippen LogP contribution in [0, 0.1) is 6.92 Å². The van der Waals surface area contributed by atoms with Gasteiger partial charge in [-0.1, -0.05) is 30.3 Å². The van der Waals surface area contributed by atoms with E-state index in [2.05, 4.69) is 12.2 Å². The summed E-state index contributed by atoms with van der Waals surface area (Å²) in [5, 5.41) is 2.44. The molecule has 0 saturated carbocycles. The van der Waals surface area contributed by atoms with Gasteiger partial charge in [-0.3, -0.25) is 0 Å². The van der Waals surface area contributed by atoms with Gasteiger partial charge in [-0.15, -0.1) is 0 Å². The Morgan fingerprint density at radius 1 is 1.38 bits per heavy atom. The number of hydrogen-bond donors (Lipinski definition) is 1. The van der Waals surface area contributed by atoms with E-state index in [1.807, 2.05) is 30.3 Å². The summed E-state index contributed by atoms with van der Waals surface area (Å²) >= 11 is 0. The first-order valence-corrected chi connectivity index (χ1v) is 4.06. The van der Waals surface area contributed by atoms with Crippen LogP contribution >= 0.6 is 0 Å². The number of benzene rings is 1. The van der Waals surface area contributed by atoms with E-state index < -0.39 is 6.09 Å². The molecule has 0 aliphatic carbocycles. The Bertz CT molecular complexity index is 259. The minimum Gasteiger partial charge on any atom is -0.445 e. The van der Waals surface area contributed by atoms with Gasteiger partial charge >= 0.3 is 6.09 Å². The molecular formula is C10H12NO2. The first kappa shape index (κ1) is 9.58. The topological polar surface area (TPSA) is 38.3 Å². The van der Waals surface area contributed by atoms with Crippen molar-refractivity contribution in [3.05, 3.63) is 42.8 Å². The Kier molecular flexibility index (Phi) is 3.82. The van der Waals surface area contributed by atoms with Gasteiger partial charge in [0.2, 0.25) is 0 Å². The molecule has 69 valence electrons. The first-order valence-electron chi connectivity index (χ1n) is 4.06. The van der Waals surface area contributed by atoms with Crippen molar-refractivity contribution in [2.75, 3.05) is 6.54 Å². The third-order valence-electron chi connectivity index (χ3n) is 1.48. The van der Waals surface area contributed by atoms with Crippen LogP contribution < -0.4 is 5.32 Å². The van der Waals surface area contributed by atoms with Crippen LogP contribution in [0.25, 0.3) is 0 Å². The van der Waals surface area contributed by atoms with Gasteiger partial charge in [-0.2, -0.15) is 0 Å². The maximum absolute atomic E-state index is 10.8. The number of hydrogen-bond acceptors (Lipinski definition) is 2. The molecule has 0 spiro atoms. The van der Waals surface area contributed by atoms with Crippen molar-refractivity contribution in [2.45, 2.75) is 6.61 Å². The largest absolute Gasteiger partial charge is 0.445 e. The van der Waals surface area contributed by atoms with E-state index in [1.165, 1.54) is 0 Å². The lowest BCUT2D eigenvalue weighted by molar-refractivity contribution is 0.140. The van der Waals surface area contributed by atoms with E-state index in [1.54, 1.807) is 0 Å². The van der Waals surface area contributed by atoms with Gasteiger partial charge in [0.05, 0.1) is 0 Å². The molecule has 1 amide bonds. The molecule has 1 N–H and O–H groups in total. The summed E-state index contributed by atoms with van der Waals surface area (Å²) in [5.41, 5.74) is 0.974. The summed E-state index contributed by atoms with van der Waals surface area (Å²) in [7, 11) is 0. The summed E-state index contributed by atoms with van der Waals surface area (Å²) in [4.78, 5) is 10.8. The highest BCUT2D eigenvalue weighted by Gasteiger charge is 1.98. The predicted molar refractivity (Wildman–Crippen MR) is 50.0 cm³/mol. The van der Waals surface area contributed by atoms with Crippen molar-refractivity contribution in [3.63, 3.8) is 0 Å². The lowest BCUT2D eigenvalue weighted by Crippen LogP contribution is -2.23. The number of alkyl carbamates (subject to hydrolysis) is 1. The highest BCUT2D eigenvalue weighted by molar-refractivity contribution is 5.67. The molecule has 3 heteroatoms. The fourth-order valence-corrected chi connectivity index (χ4v) is 0.876. The Balaban J connectivity index is 2.31. The summed E-state index contributed by atoms with van der Waals surface area (Å²) < 4.78 is 4.88. The number of carbonyl (C=O) groups excluding carboxylic acids is 1. The van der Waals surface area contributed by atoms with Crippen LogP contribution in [-0.2, 0) is 11.3 Å². The van der Waals surface area contributed by atoms with E-state index in [0.29, 0.717) is 13.2 Å². The third kappa shape index (κ3) is 3.60. The molecule has 1 radical (unpaired) electrons. The second kappa shape index (κ2) is 5.19. The number of carbonyl (C=O) groups is 1. The van der Waals surface area contributed by atoms with Crippen molar-refractivity contribution >= 4 is 6.09 Å². The van der Waals surface area contributed by atoms with E-state index in [4.69, 9.17) is 4.74 Å². The van der Waals surface area contributed by atoms with E-state index >= 15 is 0 Å². The molecule has 1 aromatic carbocycles. The van der Waals surface area contributed by atoms with Gasteiger partial charge < -0.3 is 10.1 Å². The number of nitrogens with one attached hydrogen (secondary N) is 1. The van der Waals surface area contributed by atoms with E-state index in [9.17, 15) is 4.79 Å². The van der Waals surface area contributed by atoms with Crippen molar-refractivity contribution in [3.8, 4) is 0 Å². The van der Waals surface area contributed by atoms with Crippen LogP contribution in [-0.4, -0.2) is 12.6 Å². The van der Waals surface area contributed by atoms with Gasteiger partial charge in [0, 0.05) is 6.54 Å². The first-order chi connectivity index (χ1) is 6.33. The van der Waals surface area contributed by atoms with Gasteiger partial charge in [0.15, 0.2) is 0 Å². The fraction of sp³-hybridized carbons (Fsp3) is 0.200. The highest BCUT2D eigenvalue weighted by atomic mass is 16.5. The Hall–Kier alpha value is -1.51. The normalized spacial score (nSPS) is 9.31. The molecule has 0 aromatic heterocycles. The zero-order chi connectivity index (χ0) is 9.52. The Morgan fingerprint density at radius 3 is 2.69 bits per heavy atom. The number of rotatable bonds is 3. The second-order valence-corrected chi connectivity index (χ2v) is 2.49. The molecule has 1 rings (SSSR count). The minimum atomic E-state index is -0.432. The average Bonchev–Trinajstić information content (AvgIpc) is 2.17. The minimum absolute atomic E-state index is 0.298. The van der Waals surface area contributed by atoms with Crippen LogP contribution in [0.15, 0.2) is 30.3 Å². The molecule has 0 aliphatic heterocycles. The lowest BCUT2D eigenvalue weighted by atomic mass is 10.2. The Labute approximate surface area is 77.7 Å². The van der Waals surface area contributed by atoms with Gasteiger partial charge in [0.25, 0.3) is 0 Å². The zero-order valence-corrected chi connectivity index (χ0v) is 7.32. The van der Waals surface area contributed by atoms with Crippen LogP contribution in [0.5, 0.6) is 0 Å². The molecule has 0 unspecified atom stereocenters. The van der Waals surface area contributed by atoms with Gasteiger partial charge in [-0.25, -0.2) is 4.79 Å². The molecule has 13 heavy (non-hydrogen) atoms. The van der Waals surface area contributed by atoms with Crippen molar-refractivity contribution < 1.29 is 9.53 Å². The van der Waals surface area contributed by atoms with Crippen LogP contribution in [0.2, 0.25) is 0 Å². The molecule has 0 fully saturated rings. The fourth-order valence-electron chi connectivity index (χ4n) is 0.876. The monoisotopic (exact) mass is 178 g/mol. The summed E-state index contributed by atoms with van der Waals surface area (Å²) in [6, 6.07) is 9.52. The average molecular weight is 178 g/mol. The quantitative estimate of drug-likeness (QED) is 0.765. The standard InChI is InChI=1S/C10H12NO2/c1-2-11-10(12)13-8-9-6-4-3-5-7-9/h3-7H,1-2,8H2,(H,11,12). The number of ether oxygens (including phenoxy) is 1. The van der Waals surface area contributed by atoms with Crippen LogP contribution in [0.1, 0.15) is 5.56 Å². The maximum atomic E-state index is 10.8. The molecular weight excluding hydrogens is 166 g/mol. The molecule has 0 saturated heterocycles. The molecule has 0 heterocycles. The van der Waals surface area contributed by atoms with Crippen molar-refractivity contribution in [1.29, 1.82) is 0 Å². The summed E-state index contributed by atoms with van der Waals surface area (Å²) in [5.74, 6) is 0. The zero-order valence-electron chi connectivity index (χ0n) is 7.32. The maximum Gasteiger partial charge on any atom is 0.407 e. The van der Waals surface area contributed by atoms with E-state index in [-0.39, 0.29) is 0 Å². The lowest BCUT2D eigenvalue weighted by Gasteiger charge is -2.04. The second-order valence-electron chi connectivity index (χ2n) is 2.49. The van der Waals surface area contributed by atoms with Crippen molar-refractivity contribution in [2.24, 2.45) is 0 Å². The van der Waals surface area contributed by atoms with Crippen LogP contribution in [0.3, 0.4) is 0 Å². The Morgan fingerprint density at radius 2 is 2.08 bits per heavy atom. The molecule has 0 aliphatic rings. The van der Waals surface area contributed by atoms with Gasteiger partial charge in [-0.05, 0) is 12.5 Å². The SMILES string of the molecule is [CH2]CNC(=O)OCc1ccccc1. The molecule has 1 aromatic rings. The van der Waals surface area contributed by atoms with Crippen molar-refractivity contribution in [1.82, 2.24) is 5.32 Å². The van der Waals surface area contributed by atoms with E-state index in [0.717, 1.165) is 5.56 Å². The number of amides is 1. The third-order valence-corrected chi connectivity index (χ3v) is 1.48. The molecule has 0 bridgehead atoms. The molecule has 3 nitrogen and oxygen atoms in total. The highest BCUT2D eigenvalue weighted by Crippen LogP contribution is 1.99. The summed E-state index contributed by atoms with van der Waals surface area (Å²) in [6.07, 6.45) is -0.432. The van der Waals surface area contributed by atoms with Crippen LogP contribution in [0.4, 0.5) is 4.79 Å². The predicted octanol–water partition coefficient (Wildman–Crippen LogP) is 1.75. The van der Waals surface area contributed by atoms with Gasteiger partial charge in [0.1, 0.15) is 6.61 Å². The smallest absolute Gasteiger partial charge is 0.407 e.